The van der Waals surface area contributed by atoms with E-state index in [0.29, 0.717) is 0 Å². The van der Waals surface area contributed by atoms with Crippen LogP contribution in [0, 0.1) is 0 Å². The third-order valence-electron chi connectivity index (χ3n) is 5.13. The summed E-state index contributed by atoms with van der Waals surface area (Å²) in [6.45, 7) is 27.0. The van der Waals surface area contributed by atoms with Crippen molar-refractivity contribution in [3.8, 4) is 0 Å². The highest BCUT2D eigenvalue weighted by molar-refractivity contribution is 7.15. The van der Waals surface area contributed by atoms with Gasteiger partial charge in [-0.25, -0.2) is 0 Å². The lowest BCUT2D eigenvalue weighted by atomic mass is 9.82. The molecule has 0 aliphatic carbocycles. The second-order valence-electron chi connectivity index (χ2n) is 12.3. The monoisotopic (exact) mass is 472 g/mol. The van der Waals surface area contributed by atoms with Gasteiger partial charge in [0.1, 0.15) is 0 Å². The molecule has 0 aliphatic heterocycles. The van der Waals surface area contributed by atoms with Crippen LogP contribution in [0.3, 0.4) is 0 Å². The van der Waals surface area contributed by atoms with Crippen LogP contribution in [0.15, 0.2) is 12.1 Å². The van der Waals surface area contributed by atoms with Gasteiger partial charge in [0.25, 0.3) is 0 Å². The fourth-order valence-corrected chi connectivity index (χ4v) is 6.96. The first kappa shape index (κ1) is 25.2. The van der Waals surface area contributed by atoms with Crippen molar-refractivity contribution in [1.29, 1.82) is 0 Å². The molecule has 2 aromatic rings. The minimum Gasteiger partial charge on any atom is -0.141 e. The van der Waals surface area contributed by atoms with Crippen molar-refractivity contribution in [2.75, 3.05) is 0 Å². The SMILES string of the molecule is CC(C)(C)c1cc(C(C)(C)C)c(C(Cl)(Cl)c2sc(C(C)(C)C)cc2C(C)(C)C)s1. The molecule has 0 nitrogen and oxygen atoms in total. The molecular formula is C25H38Cl2S2. The molecule has 0 spiro atoms. The van der Waals surface area contributed by atoms with Gasteiger partial charge in [0, 0.05) is 19.5 Å². The van der Waals surface area contributed by atoms with Gasteiger partial charge in [-0.1, -0.05) is 106 Å². The van der Waals surface area contributed by atoms with E-state index in [1.54, 1.807) is 22.7 Å². The highest BCUT2D eigenvalue weighted by atomic mass is 35.5. The summed E-state index contributed by atoms with van der Waals surface area (Å²) in [7, 11) is 0. The molecule has 0 bridgehead atoms. The minimum atomic E-state index is -1.06. The largest absolute Gasteiger partial charge is 0.186 e. The summed E-state index contributed by atoms with van der Waals surface area (Å²) in [6.07, 6.45) is 0. The number of thiophene rings is 2. The van der Waals surface area contributed by atoms with E-state index in [2.05, 4.69) is 95.2 Å². The zero-order valence-corrected chi connectivity index (χ0v) is 23.4. The first-order chi connectivity index (χ1) is 12.7. The van der Waals surface area contributed by atoms with Crippen molar-refractivity contribution in [3.63, 3.8) is 0 Å². The molecule has 0 radical (unpaired) electrons. The molecule has 0 atom stereocenters. The van der Waals surface area contributed by atoms with E-state index in [4.69, 9.17) is 23.2 Å². The van der Waals surface area contributed by atoms with Gasteiger partial charge in [0.15, 0.2) is 4.33 Å². The Morgan fingerprint density at radius 2 is 0.793 bits per heavy atom. The second kappa shape index (κ2) is 7.54. The molecule has 4 heteroatoms. The van der Waals surface area contributed by atoms with Gasteiger partial charge in [-0.3, -0.25) is 0 Å². The average molecular weight is 474 g/mol. The Morgan fingerprint density at radius 1 is 0.517 bits per heavy atom. The van der Waals surface area contributed by atoms with Crippen LogP contribution in [-0.4, -0.2) is 0 Å². The van der Waals surface area contributed by atoms with Crippen LogP contribution in [0.2, 0.25) is 0 Å². The van der Waals surface area contributed by atoms with E-state index in [9.17, 15) is 0 Å². The molecule has 164 valence electrons. The van der Waals surface area contributed by atoms with Crippen LogP contribution in [0.4, 0.5) is 0 Å². The van der Waals surface area contributed by atoms with E-state index in [1.807, 2.05) is 0 Å². The van der Waals surface area contributed by atoms with Gasteiger partial charge in [-0.2, -0.15) is 0 Å². The summed E-state index contributed by atoms with van der Waals surface area (Å²) in [5, 5.41) is 0. The van der Waals surface area contributed by atoms with Crippen molar-refractivity contribution in [1.82, 2.24) is 0 Å². The van der Waals surface area contributed by atoms with Crippen molar-refractivity contribution < 1.29 is 0 Å². The number of rotatable bonds is 2. The Kier molecular flexibility index (Phi) is 6.56. The van der Waals surface area contributed by atoms with E-state index in [0.717, 1.165) is 9.75 Å². The Bertz CT molecular complexity index is 798. The lowest BCUT2D eigenvalue weighted by Crippen LogP contribution is -2.22. The van der Waals surface area contributed by atoms with Gasteiger partial charge >= 0.3 is 0 Å². The third-order valence-corrected chi connectivity index (χ3v) is 9.69. The highest BCUT2D eigenvalue weighted by Crippen LogP contribution is 2.55. The number of halogens is 2. The Labute approximate surface area is 197 Å². The summed E-state index contributed by atoms with van der Waals surface area (Å²) in [4.78, 5) is 4.80. The summed E-state index contributed by atoms with van der Waals surface area (Å²) in [6, 6.07) is 4.66. The maximum absolute atomic E-state index is 7.32. The summed E-state index contributed by atoms with van der Waals surface area (Å²) in [5.74, 6) is 0. The van der Waals surface area contributed by atoms with Crippen LogP contribution in [0.5, 0.6) is 0 Å². The fourth-order valence-electron chi connectivity index (χ4n) is 3.21. The zero-order chi connectivity index (χ0) is 22.8. The average Bonchev–Trinajstić information content (AvgIpc) is 3.10. The predicted octanol–water partition coefficient (Wildman–Crippen LogP) is 9.68. The molecule has 0 aromatic carbocycles. The third kappa shape index (κ3) is 5.25. The molecule has 29 heavy (non-hydrogen) atoms. The molecule has 0 N–H and O–H groups in total. The van der Waals surface area contributed by atoms with Crippen LogP contribution in [-0.2, 0) is 26.0 Å². The molecule has 2 heterocycles. The molecule has 0 fully saturated rings. The Balaban J connectivity index is 2.83. The van der Waals surface area contributed by atoms with Crippen LogP contribution in [0.25, 0.3) is 0 Å². The minimum absolute atomic E-state index is 0.0314. The standard InChI is InChI=1S/C25H38Cl2S2/c1-21(2,3)15-13-17(23(7,8)9)28-19(15)25(26,27)20-16(22(4,5)6)14-18(29-20)24(10,11)12/h13-14H,1-12H3. The molecule has 0 aliphatic rings. The maximum atomic E-state index is 7.32. The zero-order valence-electron chi connectivity index (χ0n) is 20.2. The summed E-state index contributed by atoms with van der Waals surface area (Å²) in [5.41, 5.74) is 2.57. The lowest BCUT2D eigenvalue weighted by Gasteiger charge is -2.29. The predicted molar refractivity (Wildman–Crippen MR) is 136 cm³/mol. The first-order valence-electron chi connectivity index (χ1n) is 10.3. The second-order valence-corrected chi connectivity index (χ2v) is 15.7. The fraction of sp³-hybridized carbons (Fsp3) is 0.680. The van der Waals surface area contributed by atoms with Crippen molar-refractivity contribution in [3.05, 3.63) is 42.8 Å². The van der Waals surface area contributed by atoms with Gasteiger partial charge in [0.05, 0.1) is 0 Å². The summed E-state index contributed by atoms with van der Waals surface area (Å²) < 4.78 is -1.06. The van der Waals surface area contributed by atoms with Crippen LogP contribution < -0.4 is 0 Å². The molecule has 0 saturated carbocycles. The normalized spacial score (nSPS) is 14.6. The van der Waals surface area contributed by atoms with Crippen molar-refractivity contribution in [2.45, 2.75) is 109 Å². The highest BCUT2D eigenvalue weighted by Gasteiger charge is 2.43. The number of alkyl halides is 2. The Hall–Kier alpha value is -0.0200. The number of hydrogen-bond acceptors (Lipinski definition) is 2. The lowest BCUT2D eigenvalue weighted by molar-refractivity contribution is 0.571. The molecular weight excluding hydrogens is 435 g/mol. The molecule has 0 unspecified atom stereocenters. The smallest absolute Gasteiger partial charge is 0.141 e. The van der Waals surface area contributed by atoms with E-state index in [1.165, 1.54) is 20.9 Å². The van der Waals surface area contributed by atoms with E-state index in [-0.39, 0.29) is 21.7 Å². The van der Waals surface area contributed by atoms with Crippen molar-refractivity contribution in [2.24, 2.45) is 0 Å². The first-order valence-corrected chi connectivity index (χ1v) is 12.7. The maximum Gasteiger partial charge on any atom is 0.186 e. The summed E-state index contributed by atoms with van der Waals surface area (Å²) >= 11 is 18.2. The van der Waals surface area contributed by atoms with Gasteiger partial charge < -0.3 is 0 Å². The number of hydrogen-bond donors (Lipinski definition) is 0. The van der Waals surface area contributed by atoms with Gasteiger partial charge in [-0.05, 0) is 44.9 Å². The van der Waals surface area contributed by atoms with Crippen molar-refractivity contribution >= 4 is 45.9 Å². The topological polar surface area (TPSA) is 0 Å². The van der Waals surface area contributed by atoms with Gasteiger partial charge in [0.2, 0.25) is 0 Å². The molecule has 2 aromatic heterocycles. The molecule has 0 saturated heterocycles. The van der Waals surface area contributed by atoms with Gasteiger partial charge in [-0.15, -0.1) is 22.7 Å². The van der Waals surface area contributed by atoms with Crippen LogP contribution in [0.1, 0.15) is 114 Å². The molecule has 0 amide bonds. The van der Waals surface area contributed by atoms with E-state index >= 15 is 0 Å². The van der Waals surface area contributed by atoms with Crippen LogP contribution >= 0.6 is 45.9 Å². The Morgan fingerprint density at radius 3 is 1.00 bits per heavy atom. The molecule has 2 rings (SSSR count). The van der Waals surface area contributed by atoms with E-state index < -0.39 is 4.33 Å². The quantitative estimate of drug-likeness (QED) is 0.381.